The summed E-state index contributed by atoms with van der Waals surface area (Å²) in [5, 5.41) is 17.2. The normalized spacial score (nSPS) is 22.1. The fourth-order valence-corrected chi connectivity index (χ4v) is 2.64. The molecule has 0 aliphatic heterocycles. The van der Waals surface area contributed by atoms with E-state index < -0.39 is 16.0 Å². The number of carboxylic acids is 1. The molecule has 1 saturated carbocycles. The van der Waals surface area contributed by atoms with Crippen LogP contribution in [0.2, 0.25) is 0 Å². The van der Waals surface area contributed by atoms with E-state index >= 15 is 0 Å². The summed E-state index contributed by atoms with van der Waals surface area (Å²) in [6.45, 7) is 0. The van der Waals surface area contributed by atoms with Crippen LogP contribution >= 0.6 is 0 Å². The first-order valence-corrected chi connectivity index (χ1v) is 7.55. The van der Waals surface area contributed by atoms with Gasteiger partial charge in [-0.25, -0.2) is 18.4 Å². The Morgan fingerprint density at radius 3 is 2.60 bits per heavy atom. The number of methoxy groups -OCH3 is 1. The average Bonchev–Trinajstić information content (AvgIpc) is 2.31. The summed E-state index contributed by atoms with van der Waals surface area (Å²) in [4.78, 5) is 11.0. The van der Waals surface area contributed by atoms with Gasteiger partial charge in [0.05, 0.1) is 16.6 Å². The monoisotopic (exact) mass is 300 g/mol. The van der Waals surface area contributed by atoms with Gasteiger partial charge in [-0.3, -0.25) is 0 Å². The van der Waals surface area contributed by atoms with Crippen LogP contribution in [-0.4, -0.2) is 38.7 Å². The minimum atomic E-state index is -3.92. The zero-order valence-corrected chi connectivity index (χ0v) is 11.7. The van der Waals surface area contributed by atoms with Gasteiger partial charge in [-0.2, -0.15) is 0 Å². The van der Waals surface area contributed by atoms with E-state index in [2.05, 4.69) is 5.32 Å². The van der Waals surface area contributed by atoms with E-state index in [1.807, 2.05) is 0 Å². The Morgan fingerprint density at radius 1 is 1.45 bits per heavy atom. The van der Waals surface area contributed by atoms with Crippen molar-refractivity contribution in [2.24, 2.45) is 5.14 Å². The van der Waals surface area contributed by atoms with Gasteiger partial charge in [-0.1, -0.05) is 0 Å². The number of rotatable bonds is 5. The highest BCUT2D eigenvalue weighted by Gasteiger charge is 2.29. The summed E-state index contributed by atoms with van der Waals surface area (Å²) in [6, 6.07) is 3.89. The number of carbonyl (C=O) groups is 1. The van der Waals surface area contributed by atoms with E-state index in [-0.39, 0.29) is 22.6 Å². The molecule has 1 fully saturated rings. The maximum Gasteiger partial charge on any atom is 0.337 e. The first-order chi connectivity index (χ1) is 9.31. The smallest absolute Gasteiger partial charge is 0.337 e. The van der Waals surface area contributed by atoms with E-state index in [1.165, 1.54) is 12.1 Å². The van der Waals surface area contributed by atoms with E-state index in [0.717, 1.165) is 18.9 Å². The lowest BCUT2D eigenvalue weighted by Crippen LogP contribution is -2.40. The molecule has 0 heterocycles. The molecule has 0 unspecified atom stereocenters. The summed E-state index contributed by atoms with van der Waals surface area (Å²) in [6.07, 6.45) is 1.75. The standard InChI is InChI=1S/C12H16N2O5S/c1-19-8-4-7(5-8)14-11-3-2-9(20(13,17)18)6-10(11)12(15)16/h2-3,6-8,14H,4-5H2,1H3,(H,15,16)(H2,13,17,18). The lowest BCUT2D eigenvalue weighted by Gasteiger charge is -2.35. The number of sulfonamides is 1. The number of hydrogen-bond acceptors (Lipinski definition) is 5. The number of carboxylic acid groups (broad SMARTS) is 1. The number of nitrogens with two attached hydrogens (primary N) is 1. The molecule has 4 N–H and O–H groups in total. The molecular weight excluding hydrogens is 284 g/mol. The van der Waals surface area contributed by atoms with E-state index in [0.29, 0.717) is 5.69 Å². The fourth-order valence-electron chi connectivity index (χ4n) is 2.10. The topological polar surface area (TPSA) is 119 Å². The molecule has 1 aliphatic carbocycles. The highest BCUT2D eigenvalue weighted by molar-refractivity contribution is 7.89. The fraction of sp³-hybridized carbons (Fsp3) is 0.417. The van der Waals surface area contributed by atoms with Crippen molar-refractivity contribution in [3.8, 4) is 0 Å². The number of benzene rings is 1. The zero-order chi connectivity index (χ0) is 14.9. The molecule has 0 atom stereocenters. The van der Waals surface area contributed by atoms with Gasteiger partial charge in [0.25, 0.3) is 0 Å². The molecule has 0 spiro atoms. The molecule has 7 nitrogen and oxygen atoms in total. The van der Waals surface area contributed by atoms with E-state index in [1.54, 1.807) is 7.11 Å². The number of ether oxygens (including phenoxy) is 1. The minimum Gasteiger partial charge on any atom is -0.478 e. The largest absolute Gasteiger partial charge is 0.478 e. The number of primary sulfonamides is 1. The van der Waals surface area contributed by atoms with Crippen molar-refractivity contribution in [2.45, 2.75) is 29.9 Å². The summed E-state index contributed by atoms with van der Waals surface area (Å²) in [5.41, 5.74) is 0.266. The van der Waals surface area contributed by atoms with Crippen molar-refractivity contribution in [2.75, 3.05) is 12.4 Å². The molecule has 0 bridgehead atoms. The lowest BCUT2D eigenvalue weighted by atomic mass is 9.89. The van der Waals surface area contributed by atoms with Crippen LogP contribution < -0.4 is 10.5 Å². The van der Waals surface area contributed by atoms with E-state index in [9.17, 15) is 13.2 Å². The maximum absolute atomic E-state index is 11.2. The molecular formula is C12H16N2O5S. The van der Waals surface area contributed by atoms with Crippen LogP contribution in [0.1, 0.15) is 23.2 Å². The lowest BCUT2D eigenvalue weighted by molar-refractivity contribution is 0.0328. The van der Waals surface area contributed by atoms with Gasteiger partial charge < -0.3 is 15.2 Å². The minimum absolute atomic E-state index is 0.114. The van der Waals surface area contributed by atoms with Crippen LogP contribution in [-0.2, 0) is 14.8 Å². The third-order valence-electron chi connectivity index (χ3n) is 3.34. The van der Waals surface area contributed by atoms with Crippen LogP contribution in [0.5, 0.6) is 0 Å². The molecule has 1 aromatic carbocycles. The van der Waals surface area contributed by atoms with Gasteiger partial charge in [0.1, 0.15) is 0 Å². The second kappa shape index (κ2) is 5.39. The van der Waals surface area contributed by atoms with Crippen LogP contribution in [0.25, 0.3) is 0 Å². The van der Waals surface area contributed by atoms with Crippen LogP contribution in [0, 0.1) is 0 Å². The Kier molecular flexibility index (Phi) is 3.98. The SMILES string of the molecule is COC1CC(Nc2ccc(S(N)(=O)=O)cc2C(=O)O)C1. The Labute approximate surface area is 116 Å². The Bertz CT molecular complexity index is 623. The Morgan fingerprint density at radius 2 is 2.10 bits per heavy atom. The summed E-state index contributed by atoms with van der Waals surface area (Å²) >= 11 is 0. The number of nitrogens with one attached hydrogen (secondary N) is 1. The zero-order valence-electron chi connectivity index (χ0n) is 10.9. The molecule has 20 heavy (non-hydrogen) atoms. The average molecular weight is 300 g/mol. The van der Waals surface area contributed by atoms with Gasteiger partial charge in [0, 0.05) is 18.8 Å². The quantitative estimate of drug-likeness (QED) is 0.733. The molecule has 0 radical (unpaired) electrons. The van der Waals surface area contributed by atoms with Crippen LogP contribution in [0.4, 0.5) is 5.69 Å². The van der Waals surface area contributed by atoms with Crippen LogP contribution in [0.15, 0.2) is 23.1 Å². The van der Waals surface area contributed by atoms with Crippen molar-refractivity contribution < 1.29 is 23.1 Å². The van der Waals surface area contributed by atoms with Gasteiger partial charge in [0.15, 0.2) is 0 Å². The molecule has 2 rings (SSSR count). The third kappa shape index (κ3) is 3.09. The van der Waals surface area contributed by atoms with Gasteiger partial charge in [-0.05, 0) is 31.0 Å². The van der Waals surface area contributed by atoms with E-state index in [4.69, 9.17) is 15.0 Å². The summed E-state index contributed by atoms with van der Waals surface area (Å²) in [5.74, 6) is -1.21. The van der Waals surface area contributed by atoms with Gasteiger partial charge in [-0.15, -0.1) is 0 Å². The predicted molar refractivity (Wildman–Crippen MR) is 72.2 cm³/mol. The summed E-state index contributed by atoms with van der Waals surface area (Å²) in [7, 11) is -2.29. The molecule has 8 heteroatoms. The van der Waals surface area contributed by atoms with Crippen LogP contribution in [0.3, 0.4) is 0 Å². The second-order valence-electron chi connectivity index (χ2n) is 4.73. The highest BCUT2D eigenvalue weighted by atomic mass is 32.2. The predicted octanol–water partition coefficient (Wildman–Crippen LogP) is 0.622. The Hall–Kier alpha value is -1.64. The number of anilines is 1. The third-order valence-corrected chi connectivity index (χ3v) is 4.25. The first kappa shape index (κ1) is 14.8. The van der Waals surface area contributed by atoms with Crippen molar-refractivity contribution in [3.63, 3.8) is 0 Å². The second-order valence-corrected chi connectivity index (χ2v) is 6.29. The number of hydrogen-bond donors (Lipinski definition) is 3. The molecule has 1 aliphatic rings. The molecule has 110 valence electrons. The van der Waals surface area contributed by atoms with Gasteiger partial charge >= 0.3 is 5.97 Å². The molecule has 1 aromatic rings. The maximum atomic E-state index is 11.2. The molecule has 0 saturated heterocycles. The van der Waals surface area contributed by atoms with Gasteiger partial charge in [0.2, 0.25) is 10.0 Å². The molecule has 0 amide bonds. The Balaban J connectivity index is 2.23. The van der Waals surface area contributed by atoms with Crippen molar-refractivity contribution in [1.29, 1.82) is 0 Å². The highest BCUT2D eigenvalue weighted by Crippen LogP contribution is 2.28. The first-order valence-electron chi connectivity index (χ1n) is 6.00. The summed E-state index contributed by atoms with van der Waals surface area (Å²) < 4.78 is 27.6. The van der Waals surface area contributed by atoms with Crippen molar-refractivity contribution in [1.82, 2.24) is 0 Å². The van der Waals surface area contributed by atoms with Crippen molar-refractivity contribution >= 4 is 21.7 Å². The van der Waals surface area contributed by atoms with Crippen molar-refractivity contribution in [3.05, 3.63) is 23.8 Å². The molecule has 0 aromatic heterocycles. The number of aromatic carboxylic acids is 1.